The number of pyridine rings is 1. The number of hydrogen-bond acceptors (Lipinski definition) is 5. The van der Waals surface area contributed by atoms with Gasteiger partial charge < -0.3 is 5.73 Å². The average Bonchev–Trinajstić information content (AvgIpc) is 2.16. The second kappa shape index (κ2) is 5.31. The molecule has 0 aliphatic rings. The van der Waals surface area contributed by atoms with E-state index < -0.39 is 9.84 Å². The first-order valence-corrected chi connectivity index (χ1v) is 7.54. The van der Waals surface area contributed by atoms with Crippen LogP contribution in [0.5, 0.6) is 0 Å². The Kier molecular flexibility index (Phi) is 4.31. The van der Waals surface area contributed by atoms with Crippen molar-refractivity contribution in [1.82, 2.24) is 4.98 Å². The zero-order chi connectivity index (χ0) is 12.2. The molecular weight excluding hydrogens is 246 g/mol. The van der Waals surface area contributed by atoms with E-state index in [2.05, 4.69) is 4.98 Å². The third kappa shape index (κ3) is 4.19. The molecule has 0 aliphatic carbocycles. The van der Waals surface area contributed by atoms with Gasteiger partial charge in [-0.15, -0.1) is 11.8 Å². The Morgan fingerprint density at radius 3 is 2.88 bits per heavy atom. The molecule has 16 heavy (non-hydrogen) atoms. The molecule has 0 spiro atoms. The molecule has 0 aliphatic heterocycles. The van der Waals surface area contributed by atoms with Crippen LogP contribution in [0.1, 0.15) is 5.69 Å². The lowest BCUT2D eigenvalue weighted by molar-refractivity contribution is 0.603. The van der Waals surface area contributed by atoms with E-state index in [-0.39, 0.29) is 11.6 Å². The van der Waals surface area contributed by atoms with Gasteiger partial charge in [0.1, 0.15) is 21.4 Å². The zero-order valence-electron chi connectivity index (χ0n) is 8.80. The first kappa shape index (κ1) is 13.0. The molecule has 7 heteroatoms. The number of nitrogens with two attached hydrogens (primary N) is 1. The van der Waals surface area contributed by atoms with E-state index in [1.165, 1.54) is 18.0 Å². The fraction of sp³-hybridized carbons (Fsp3) is 0.333. The van der Waals surface area contributed by atoms with Crippen molar-refractivity contribution in [1.29, 1.82) is 5.41 Å². The smallest absolute Gasteiger partial charge is 0.148 e. The molecule has 0 bridgehead atoms. The van der Waals surface area contributed by atoms with Gasteiger partial charge in [-0.25, -0.2) is 8.42 Å². The van der Waals surface area contributed by atoms with Gasteiger partial charge in [0.05, 0.1) is 5.75 Å². The molecule has 0 radical (unpaired) electrons. The van der Waals surface area contributed by atoms with E-state index in [4.69, 9.17) is 11.1 Å². The van der Waals surface area contributed by atoms with Gasteiger partial charge in [-0.1, -0.05) is 0 Å². The lowest BCUT2D eigenvalue weighted by Crippen LogP contribution is -2.14. The summed E-state index contributed by atoms with van der Waals surface area (Å²) in [4.78, 5) is 4.71. The van der Waals surface area contributed by atoms with Crippen molar-refractivity contribution in [2.24, 2.45) is 5.73 Å². The highest BCUT2D eigenvalue weighted by molar-refractivity contribution is 8.00. The maximum absolute atomic E-state index is 10.9. The second-order valence-electron chi connectivity index (χ2n) is 3.24. The Morgan fingerprint density at radius 2 is 2.31 bits per heavy atom. The third-order valence-electron chi connectivity index (χ3n) is 1.74. The van der Waals surface area contributed by atoms with Gasteiger partial charge in [-0.2, -0.15) is 0 Å². The summed E-state index contributed by atoms with van der Waals surface area (Å²) in [5, 5.41) is 7.32. The molecule has 1 rings (SSSR count). The highest BCUT2D eigenvalue weighted by Crippen LogP contribution is 2.20. The maximum Gasteiger partial charge on any atom is 0.148 e. The van der Waals surface area contributed by atoms with Gasteiger partial charge in [0.2, 0.25) is 0 Å². The first-order valence-electron chi connectivity index (χ1n) is 4.50. The summed E-state index contributed by atoms with van der Waals surface area (Å²) in [5.74, 6) is 0.428. The fourth-order valence-corrected chi connectivity index (χ4v) is 3.25. The normalized spacial score (nSPS) is 11.3. The Balaban J connectivity index is 2.71. The topological polar surface area (TPSA) is 96.9 Å². The molecule has 0 saturated carbocycles. The van der Waals surface area contributed by atoms with Crippen LogP contribution in [-0.4, -0.2) is 37.0 Å². The van der Waals surface area contributed by atoms with Gasteiger partial charge in [-0.3, -0.25) is 10.4 Å². The molecule has 1 aromatic rings. The number of hydrogen-bond donors (Lipinski definition) is 2. The van der Waals surface area contributed by atoms with E-state index in [0.717, 1.165) is 4.90 Å². The quantitative estimate of drug-likeness (QED) is 0.456. The van der Waals surface area contributed by atoms with Crippen molar-refractivity contribution in [3.63, 3.8) is 0 Å². The largest absolute Gasteiger partial charge is 0.382 e. The molecule has 0 aromatic carbocycles. The highest BCUT2D eigenvalue weighted by atomic mass is 32.2. The van der Waals surface area contributed by atoms with Crippen LogP contribution in [0.3, 0.4) is 0 Å². The number of sulfone groups is 1. The molecule has 0 saturated heterocycles. The summed E-state index contributed by atoms with van der Waals surface area (Å²) >= 11 is 1.34. The summed E-state index contributed by atoms with van der Waals surface area (Å²) in [6, 6.07) is 3.51. The predicted molar refractivity (Wildman–Crippen MR) is 65.7 cm³/mol. The van der Waals surface area contributed by atoms with Crippen molar-refractivity contribution in [2.75, 3.05) is 17.8 Å². The van der Waals surface area contributed by atoms with Crippen molar-refractivity contribution < 1.29 is 8.42 Å². The molecule has 1 heterocycles. The Hall–Kier alpha value is -1.08. The van der Waals surface area contributed by atoms with Crippen molar-refractivity contribution in [3.05, 3.63) is 24.0 Å². The van der Waals surface area contributed by atoms with Crippen LogP contribution in [0.4, 0.5) is 0 Å². The Bertz CT molecular complexity index is 485. The van der Waals surface area contributed by atoms with Crippen LogP contribution in [0, 0.1) is 5.41 Å². The van der Waals surface area contributed by atoms with Gasteiger partial charge >= 0.3 is 0 Å². The third-order valence-corrected chi connectivity index (χ3v) is 3.99. The molecule has 0 unspecified atom stereocenters. The first-order chi connectivity index (χ1) is 7.40. The molecular formula is C9H13N3O2S2. The van der Waals surface area contributed by atoms with Crippen LogP contribution >= 0.6 is 11.8 Å². The highest BCUT2D eigenvalue weighted by Gasteiger charge is 2.08. The van der Waals surface area contributed by atoms with Crippen LogP contribution in [0.15, 0.2) is 23.2 Å². The Labute approximate surface area is 98.9 Å². The summed E-state index contributed by atoms with van der Waals surface area (Å²) in [6.07, 6.45) is 2.75. The number of amidine groups is 1. The van der Waals surface area contributed by atoms with Gasteiger partial charge in [0, 0.05) is 23.1 Å². The fourth-order valence-electron chi connectivity index (χ4n) is 1.01. The van der Waals surface area contributed by atoms with Crippen LogP contribution < -0.4 is 5.73 Å². The van der Waals surface area contributed by atoms with E-state index >= 15 is 0 Å². The van der Waals surface area contributed by atoms with Crippen molar-refractivity contribution in [3.8, 4) is 0 Å². The molecule has 0 atom stereocenters. The van der Waals surface area contributed by atoms with Crippen LogP contribution in [0.2, 0.25) is 0 Å². The van der Waals surface area contributed by atoms with E-state index in [9.17, 15) is 8.42 Å². The minimum absolute atomic E-state index is 0.101. The molecule has 1 aromatic heterocycles. The van der Waals surface area contributed by atoms with Crippen LogP contribution in [-0.2, 0) is 9.84 Å². The number of nitrogen functional groups attached to an aromatic ring is 1. The van der Waals surface area contributed by atoms with Crippen LogP contribution in [0.25, 0.3) is 0 Å². The van der Waals surface area contributed by atoms with E-state index in [1.54, 1.807) is 18.3 Å². The second-order valence-corrected chi connectivity index (χ2v) is 6.64. The predicted octanol–water partition coefficient (Wildman–Crippen LogP) is 0.502. The maximum atomic E-state index is 10.9. The van der Waals surface area contributed by atoms with E-state index in [0.29, 0.717) is 11.4 Å². The summed E-state index contributed by atoms with van der Waals surface area (Å²) in [7, 11) is -2.95. The lowest BCUT2D eigenvalue weighted by atomic mass is 10.3. The molecule has 5 nitrogen and oxygen atoms in total. The van der Waals surface area contributed by atoms with Gasteiger partial charge in [0.25, 0.3) is 0 Å². The molecule has 3 N–H and O–H groups in total. The minimum Gasteiger partial charge on any atom is -0.382 e. The number of nitrogens with one attached hydrogen (secondary N) is 1. The SMILES string of the molecule is CS(=O)(=O)CCSc1cccnc1C(=N)N. The summed E-state index contributed by atoms with van der Waals surface area (Å²) in [5.41, 5.74) is 5.77. The van der Waals surface area contributed by atoms with Gasteiger partial charge in [-0.05, 0) is 12.1 Å². The van der Waals surface area contributed by atoms with Gasteiger partial charge in [0.15, 0.2) is 0 Å². The van der Waals surface area contributed by atoms with E-state index in [1.807, 2.05) is 0 Å². The molecule has 88 valence electrons. The Morgan fingerprint density at radius 1 is 1.62 bits per heavy atom. The number of thioether (sulfide) groups is 1. The number of nitrogens with zero attached hydrogens (tertiary/aromatic N) is 1. The zero-order valence-corrected chi connectivity index (χ0v) is 10.4. The average molecular weight is 259 g/mol. The standard InChI is InChI=1S/C9H13N3O2S2/c1-16(13,14)6-5-15-7-3-2-4-12-8(7)9(10)11/h2-4H,5-6H2,1H3,(H3,10,11). The monoisotopic (exact) mass is 259 g/mol. The molecule has 0 fully saturated rings. The molecule has 0 amide bonds. The summed E-state index contributed by atoms with van der Waals surface area (Å²) < 4.78 is 21.9. The minimum atomic E-state index is -2.95. The number of rotatable bonds is 5. The lowest BCUT2D eigenvalue weighted by Gasteiger charge is -2.05. The summed E-state index contributed by atoms with van der Waals surface area (Å²) in [6.45, 7) is 0. The van der Waals surface area contributed by atoms with Crippen molar-refractivity contribution >= 4 is 27.4 Å². The van der Waals surface area contributed by atoms with Crippen molar-refractivity contribution in [2.45, 2.75) is 4.90 Å². The number of aromatic nitrogens is 1.